The van der Waals surface area contributed by atoms with E-state index in [0.717, 1.165) is 25.7 Å². The van der Waals surface area contributed by atoms with Gasteiger partial charge in [0.1, 0.15) is 11.4 Å². The number of hydrogen-bond acceptors (Lipinski definition) is 4. The Morgan fingerprint density at radius 1 is 1.14 bits per heavy atom. The lowest BCUT2D eigenvalue weighted by Crippen LogP contribution is -2.46. The first-order valence-electron chi connectivity index (χ1n) is 10.9. The van der Waals surface area contributed by atoms with Crippen molar-refractivity contribution in [3.8, 4) is 0 Å². The van der Waals surface area contributed by atoms with E-state index >= 15 is 0 Å². The molecule has 2 rings (SSSR count). The Morgan fingerprint density at radius 2 is 1.66 bits per heavy atom. The zero-order valence-corrected chi connectivity index (χ0v) is 19.9. The van der Waals surface area contributed by atoms with Crippen molar-refractivity contribution in [2.24, 2.45) is 5.92 Å². The monoisotopic (exact) mass is 426 g/mol. The molecule has 0 spiro atoms. The molecule has 0 aromatic carbocycles. The molecule has 166 valence electrons. The second-order valence-electron chi connectivity index (χ2n) is 8.56. The number of rotatable bonds is 8. The summed E-state index contributed by atoms with van der Waals surface area (Å²) in [6.45, 7) is 15.0. The van der Waals surface area contributed by atoms with Gasteiger partial charge < -0.3 is 4.90 Å². The van der Waals surface area contributed by atoms with E-state index in [1.165, 1.54) is 0 Å². The van der Waals surface area contributed by atoms with Crippen LogP contribution in [0.2, 0.25) is 0 Å². The summed E-state index contributed by atoms with van der Waals surface area (Å²) in [7, 11) is -3.60. The van der Waals surface area contributed by atoms with E-state index in [0.29, 0.717) is 30.4 Å². The van der Waals surface area contributed by atoms with E-state index < -0.39 is 10.0 Å². The highest BCUT2D eigenvalue weighted by atomic mass is 32.2. The van der Waals surface area contributed by atoms with Crippen molar-refractivity contribution < 1.29 is 13.2 Å². The molecule has 1 aliphatic rings. The molecule has 1 aliphatic heterocycles. The van der Waals surface area contributed by atoms with E-state index in [4.69, 9.17) is 0 Å². The average molecular weight is 427 g/mol. The molecule has 0 N–H and O–H groups in total. The molecular weight excluding hydrogens is 388 g/mol. The van der Waals surface area contributed by atoms with E-state index in [2.05, 4.69) is 39.7 Å². The molecule has 1 amide bonds. The van der Waals surface area contributed by atoms with Crippen LogP contribution < -0.4 is 0 Å². The van der Waals surface area contributed by atoms with Crippen molar-refractivity contribution in [1.82, 2.24) is 19.0 Å². The Morgan fingerprint density at radius 3 is 2.14 bits per heavy atom. The number of carbonyl (C=O) groups excluding carboxylic acids is 1. The van der Waals surface area contributed by atoms with Crippen LogP contribution in [0.5, 0.6) is 0 Å². The van der Waals surface area contributed by atoms with Crippen molar-refractivity contribution >= 4 is 15.9 Å². The number of piperidine rings is 1. The second-order valence-corrected chi connectivity index (χ2v) is 10.4. The molecule has 2 atom stereocenters. The topological polar surface area (TPSA) is 75.5 Å². The Balaban J connectivity index is 2.30. The summed E-state index contributed by atoms with van der Waals surface area (Å²) in [6.07, 6.45) is 3.51. The number of amides is 1. The lowest BCUT2D eigenvalue weighted by molar-refractivity contribution is -0.136. The van der Waals surface area contributed by atoms with Gasteiger partial charge in [0.25, 0.3) is 0 Å². The summed E-state index contributed by atoms with van der Waals surface area (Å²) in [5.41, 5.74) is 1.01. The minimum Gasteiger partial charge on any atom is -0.336 e. The molecule has 1 saturated heterocycles. The molecule has 2 heterocycles. The van der Waals surface area contributed by atoms with Crippen molar-refractivity contribution in [1.29, 1.82) is 0 Å². The standard InChI is InChI=1S/C21H38N4O3S/c1-8-16(4)25(17(5)9-2)20(26)14-24-19(7)21(18(6)22-24)29(27,28)23-12-10-15(3)11-13-23/h15-17H,8-14H2,1-7H3/t16-,17+. The maximum Gasteiger partial charge on any atom is 0.246 e. The third-order valence-corrected chi connectivity index (χ3v) is 8.51. The van der Waals surface area contributed by atoms with E-state index in [-0.39, 0.29) is 29.4 Å². The first-order valence-corrected chi connectivity index (χ1v) is 12.3. The van der Waals surface area contributed by atoms with Crippen LogP contribution in [0.1, 0.15) is 71.7 Å². The summed E-state index contributed by atoms with van der Waals surface area (Å²) >= 11 is 0. The maximum atomic E-state index is 13.3. The molecule has 1 aromatic heterocycles. The Kier molecular flexibility index (Phi) is 7.90. The normalized spacial score (nSPS) is 18.6. The molecule has 7 nitrogen and oxygen atoms in total. The third-order valence-electron chi connectivity index (χ3n) is 6.36. The fourth-order valence-electron chi connectivity index (χ4n) is 4.09. The van der Waals surface area contributed by atoms with Crippen LogP contribution in [0, 0.1) is 19.8 Å². The fraction of sp³-hybridized carbons (Fsp3) is 0.810. The van der Waals surface area contributed by atoms with Crippen LogP contribution in [0.4, 0.5) is 0 Å². The van der Waals surface area contributed by atoms with E-state index in [1.54, 1.807) is 22.8 Å². The Hall–Kier alpha value is -1.41. The number of aromatic nitrogens is 2. The van der Waals surface area contributed by atoms with Gasteiger partial charge in [0, 0.05) is 25.2 Å². The minimum absolute atomic E-state index is 0.0185. The van der Waals surface area contributed by atoms with Crippen molar-refractivity contribution in [2.45, 2.75) is 97.7 Å². The first-order chi connectivity index (χ1) is 13.5. The SMILES string of the molecule is CC[C@@H](C)N(C(=O)Cn1nc(C)c(S(=O)(=O)N2CCC(C)CC2)c1C)[C@@H](C)CC. The molecule has 1 aromatic rings. The molecule has 0 aliphatic carbocycles. The molecule has 8 heteroatoms. The average Bonchev–Trinajstić information content (AvgIpc) is 2.95. The zero-order chi connectivity index (χ0) is 21.9. The van der Waals surface area contributed by atoms with Crippen molar-refractivity contribution in [3.63, 3.8) is 0 Å². The smallest absolute Gasteiger partial charge is 0.246 e. The van der Waals surface area contributed by atoms with E-state index in [9.17, 15) is 13.2 Å². The highest BCUT2D eigenvalue weighted by molar-refractivity contribution is 7.89. The van der Waals surface area contributed by atoms with Gasteiger partial charge in [-0.15, -0.1) is 0 Å². The summed E-state index contributed by atoms with van der Waals surface area (Å²) < 4.78 is 29.6. The van der Waals surface area contributed by atoms with E-state index in [1.807, 2.05) is 4.90 Å². The molecule has 0 saturated carbocycles. The van der Waals surface area contributed by atoms with Gasteiger partial charge >= 0.3 is 0 Å². The van der Waals surface area contributed by atoms with Gasteiger partial charge in [0.2, 0.25) is 15.9 Å². The molecule has 0 unspecified atom stereocenters. The van der Waals surface area contributed by atoms with Crippen molar-refractivity contribution in [2.75, 3.05) is 13.1 Å². The number of aryl methyl sites for hydroxylation is 1. The van der Waals surface area contributed by atoms with Gasteiger partial charge in [-0.05, 0) is 59.3 Å². The quantitative estimate of drug-likeness (QED) is 0.639. The third kappa shape index (κ3) is 5.02. The summed E-state index contributed by atoms with van der Waals surface area (Å²) in [4.78, 5) is 15.3. The van der Waals surface area contributed by atoms with Crippen molar-refractivity contribution in [3.05, 3.63) is 11.4 Å². The molecule has 29 heavy (non-hydrogen) atoms. The van der Waals surface area contributed by atoms with Crippen LogP contribution in [0.3, 0.4) is 0 Å². The Bertz CT molecular complexity index is 800. The van der Waals surface area contributed by atoms with Gasteiger partial charge in [-0.25, -0.2) is 8.42 Å². The highest BCUT2D eigenvalue weighted by Gasteiger charge is 2.33. The molecule has 0 bridgehead atoms. The van der Waals surface area contributed by atoms with Crippen LogP contribution in [-0.2, 0) is 21.4 Å². The van der Waals surface area contributed by atoms with Crippen LogP contribution in [0.15, 0.2) is 4.90 Å². The fourth-order valence-corrected chi connectivity index (χ4v) is 5.93. The van der Waals surface area contributed by atoms with Gasteiger partial charge in [-0.3, -0.25) is 9.48 Å². The van der Waals surface area contributed by atoms with Crippen LogP contribution in [-0.4, -0.2) is 58.5 Å². The lowest BCUT2D eigenvalue weighted by Gasteiger charge is -2.34. The van der Waals surface area contributed by atoms with Gasteiger partial charge in [0.05, 0.1) is 11.4 Å². The Labute approximate surface area is 176 Å². The molecular formula is C21H38N4O3S. The number of carbonyl (C=O) groups is 1. The van der Waals surface area contributed by atoms with Crippen LogP contribution in [0.25, 0.3) is 0 Å². The number of nitrogens with zero attached hydrogens (tertiary/aromatic N) is 4. The molecule has 0 radical (unpaired) electrons. The maximum absolute atomic E-state index is 13.3. The zero-order valence-electron chi connectivity index (χ0n) is 19.1. The summed E-state index contributed by atoms with van der Waals surface area (Å²) in [5, 5.41) is 4.44. The second kappa shape index (κ2) is 9.60. The minimum atomic E-state index is -3.60. The molecule has 1 fully saturated rings. The lowest BCUT2D eigenvalue weighted by atomic mass is 10.0. The summed E-state index contributed by atoms with van der Waals surface area (Å²) in [6, 6.07) is 0.265. The predicted molar refractivity (Wildman–Crippen MR) is 115 cm³/mol. The number of hydrogen-bond donors (Lipinski definition) is 0. The highest BCUT2D eigenvalue weighted by Crippen LogP contribution is 2.27. The largest absolute Gasteiger partial charge is 0.336 e. The number of sulfonamides is 1. The first kappa shape index (κ1) is 23.9. The van der Waals surface area contributed by atoms with Crippen LogP contribution >= 0.6 is 0 Å². The predicted octanol–water partition coefficient (Wildman–Crippen LogP) is 3.35. The summed E-state index contributed by atoms with van der Waals surface area (Å²) in [5.74, 6) is 0.533. The van der Waals surface area contributed by atoms with Gasteiger partial charge in [-0.2, -0.15) is 9.40 Å². The van der Waals surface area contributed by atoms with Gasteiger partial charge in [0.15, 0.2) is 0 Å². The van der Waals surface area contributed by atoms with Gasteiger partial charge in [-0.1, -0.05) is 20.8 Å².